The Morgan fingerprint density at radius 3 is 2.58 bits per heavy atom. The minimum absolute atomic E-state index is 0.0223. The van der Waals surface area contributed by atoms with Crippen LogP contribution in [0.15, 0.2) is 22.7 Å². The molecule has 1 aromatic carbocycles. The zero-order chi connectivity index (χ0) is 14.6. The first-order valence-corrected chi connectivity index (χ1v) is 8.09. The Morgan fingerprint density at radius 1 is 1.42 bits per heavy atom. The largest absolute Gasteiger partial charge is 0.348 e. The van der Waals surface area contributed by atoms with Gasteiger partial charge in [-0.3, -0.25) is 4.79 Å². The van der Waals surface area contributed by atoms with Gasteiger partial charge in [0.2, 0.25) is 0 Å². The summed E-state index contributed by atoms with van der Waals surface area (Å²) in [6, 6.07) is 5.92. The van der Waals surface area contributed by atoms with Crippen molar-refractivity contribution in [3.63, 3.8) is 0 Å². The Bertz CT molecular complexity index is 449. The molecule has 1 atom stereocenters. The molecule has 0 aromatic heterocycles. The van der Waals surface area contributed by atoms with Gasteiger partial charge in [-0.2, -0.15) is 0 Å². The first kappa shape index (κ1) is 16.9. The van der Waals surface area contributed by atoms with Crippen molar-refractivity contribution in [2.75, 3.05) is 20.6 Å². The van der Waals surface area contributed by atoms with Crippen molar-refractivity contribution in [1.29, 1.82) is 0 Å². The molecular formula is C14H20BrIN2O. The van der Waals surface area contributed by atoms with Crippen molar-refractivity contribution in [3.05, 3.63) is 31.8 Å². The molecule has 0 radical (unpaired) electrons. The van der Waals surface area contributed by atoms with Gasteiger partial charge in [0, 0.05) is 20.6 Å². The second-order valence-electron chi connectivity index (χ2n) is 5.21. The molecule has 0 fully saturated rings. The molecule has 0 bridgehead atoms. The van der Waals surface area contributed by atoms with Gasteiger partial charge in [0.05, 0.1) is 5.56 Å². The van der Waals surface area contributed by atoms with Crippen LogP contribution in [0.1, 0.15) is 24.2 Å². The summed E-state index contributed by atoms with van der Waals surface area (Å²) in [7, 11) is 4.03. The molecule has 0 spiro atoms. The van der Waals surface area contributed by atoms with Gasteiger partial charge in [-0.25, -0.2) is 0 Å². The zero-order valence-electron chi connectivity index (χ0n) is 11.7. The molecule has 1 aromatic rings. The van der Waals surface area contributed by atoms with E-state index in [4.69, 9.17) is 0 Å². The first-order chi connectivity index (χ1) is 8.81. The molecule has 19 heavy (non-hydrogen) atoms. The topological polar surface area (TPSA) is 32.3 Å². The first-order valence-electron chi connectivity index (χ1n) is 6.22. The van der Waals surface area contributed by atoms with Gasteiger partial charge >= 0.3 is 0 Å². The van der Waals surface area contributed by atoms with E-state index in [9.17, 15) is 4.79 Å². The second-order valence-corrected chi connectivity index (χ2v) is 7.31. The highest BCUT2D eigenvalue weighted by Crippen LogP contribution is 2.20. The lowest BCUT2D eigenvalue weighted by Crippen LogP contribution is -2.45. The quantitative estimate of drug-likeness (QED) is 0.715. The van der Waals surface area contributed by atoms with E-state index < -0.39 is 0 Å². The van der Waals surface area contributed by atoms with E-state index in [0.717, 1.165) is 14.6 Å². The SMILES string of the molecule is CC(C)C(CN(C)C)NC(=O)c1cc(I)ccc1Br. The van der Waals surface area contributed by atoms with Crippen LogP contribution in [0.2, 0.25) is 0 Å². The summed E-state index contributed by atoms with van der Waals surface area (Å²) in [4.78, 5) is 14.4. The van der Waals surface area contributed by atoms with Gasteiger partial charge in [0.25, 0.3) is 5.91 Å². The summed E-state index contributed by atoms with van der Waals surface area (Å²) in [5, 5.41) is 3.12. The van der Waals surface area contributed by atoms with Crippen molar-refractivity contribution in [2.24, 2.45) is 5.92 Å². The van der Waals surface area contributed by atoms with E-state index in [-0.39, 0.29) is 11.9 Å². The Morgan fingerprint density at radius 2 is 2.05 bits per heavy atom. The summed E-state index contributed by atoms with van der Waals surface area (Å²) in [6.07, 6.45) is 0. The highest BCUT2D eigenvalue weighted by Gasteiger charge is 2.19. The minimum atomic E-state index is -0.0223. The van der Waals surface area contributed by atoms with Crippen LogP contribution in [0, 0.1) is 9.49 Å². The van der Waals surface area contributed by atoms with Gasteiger partial charge in [0.1, 0.15) is 0 Å². The number of hydrogen-bond acceptors (Lipinski definition) is 2. The molecule has 1 N–H and O–H groups in total. The molecule has 106 valence electrons. The van der Waals surface area contributed by atoms with Crippen LogP contribution in [0.3, 0.4) is 0 Å². The Balaban J connectivity index is 2.84. The molecule has 1 amide bonds. The van der Waals surface area contributed by atoms with Gasteiger partial charge in [-0.1, -0.05) is 13.8 Å². The molecule has 0 aliphatic heterocycles. The van der Waals surface area contributed by atoms with Crippen molar-refractivity contribution in [2.45, 2.75) is 19.9 Å². The maximum absolute atomic E-state index is 12.4. The number of likely N-dealkylation sites (N-methyl/N-ethyl adjacent to an activating group) is 1. The normalized spacial score (nSPS) is 12.8. The monoisotopic (exact) mass is 438 g/mol. The lowest BCUT2D eigenvalue weighted by molar-refractivity contribution is 0.0916. The highest BCUT2D eigenvalue weighted by atomic mass is 127. The Hall–Kier alpha value is -0.140. The molecule has 5 heteroatoms. The maximum atomic E-state index is 12.4. The third kappa shape index (κ3) is 5.39. The maximum Gasteiger partial charge on any atom is 0.252 e. The number of hydrogen-bond donors (Lipinski definition) is 1. The van der Waals surface area contributed by atoms with E-state index >= 15 is 0 Å². The number of nitrogens with zero attached hydrogens (tertiary/aromatic N) is 1. The Labute approximate surface area is 137 Å². The molecule has 0 saturated carbocycles. The summed E-state index contributed by atoms with van der Waals surface area (Å²) in [5.74, 6) is 0.374. The third-order valence-corrected chi connectivity index (χ3v) is 4.22. The lowest BCUT2D eigenvalue weighted by Gasteiger charge is -2.25. The van der Waals surface area contributed by atoms with E-state index in [2.05, 4.69) is 62.6 Å². The molecule has 0 saturated heterocycles. The lowest BCUT2D eigenvalue weighted by atomic mass is 10.0. The van der Waals surface area contributed by atoms with Crippen molar-refractivity contribution >= 4 is 44.4 Å². The fraction of sp³-hybridized carbons (Fsp3) is 0.500. The average Bonchev–Trinajstić information content (AvgIpc) is 2.30. The molecule has 1 rings (SSSR count). The van der Waals surface area contributed by atoms with Crippen LogP contribution in [0.4, 0.5) is 0 Å². The van der Waals surface area contributed by atoms with Gasteiger partial charge in [-0.15, -0.1) is 0 Å². The van der Waals surface area contributed by atoms with Crippen LogP contribution in [-0.2, 0) is 0 Å². The van der Waals surface area contributed by atoms with Crippen molar-refractivity contribution < 1.29 is 4.79 Å². The molecule has 0 aliphatic rings. The summed E-state index contributed by atoms with van der Waals surface area (Å²) in [5.41, 5.74) is 0.691. The third-order valence-electron chi connectivity index (χ3n) is 2.86. The minimum Gasteiger partial charge on any atom is -0.348 e. The number of amides is 1. The summed E-state index contributed by atoms with van der Waals surface area (Å²) >= 11 is 5.65. The number of halogens is 2. The van der Waals surface area contributed by atoms with Crippen LogP contribution in [-0.4, -0.2) is 37.5 Å². The zero-order valence-corrected chi connectivity index (χ0v) is 15.4. The van der Waals surface area contributed by atoms with Gasteiger partial charge in [-0.05, 0) is 76.7 Å². The predicted octanol–water partition coefficient (Wildman–Crippen LogP) is 3.37. The average molecular weight is 439 g/mol. The fourth-order valence-corrected chi connectivity index (χ4v) is 2.65. The van der Waals surface area contributed by atoms with Crippen LogP contribution >= 0.6 is 38.5 Å². The van der Waals surface area contributed by atoms with Crippen LogP contribution < -0.4 is 5.32 Å². The number of nitrogens with one attached hydrogen (secondary N) is 1. The molecular weight excluding hydrogens is 419 g/mol. The standard InChI is InChI=1S/C14H20BrIN2O/c1-9(2)13(8-18(3)4)17-14(19)11-7-10(16)5-6-12(11)15/h5-7,9,13H,8H2,1-4H3,(H,17,19). The van der Waals surface area contributed by atoms with E-state index in [1.54, 1.807) is 0 Å². The van der Waals surface area contributed by atoms with Crippen LogP contribution in [0.25, 0.3) is 0 Å². The molecule has 1 unspecified atom stereocenters. The van der Waals surface area contributed by atoms with Crippen molar-refractivity contribution in [1.82, 2.24) is 10.2 Å². The summed E-state index contributed by atoms with van der Waals surface area (Å²) in [6.45, 7) is 5.08. The van der Waals surface area contributed by atoms with Gasteiger partial charge < -0.3 is 10.2 Å². The second kappa shape index (κ2) is 7.59. The van der Waals surface area contributed by atoms with Crippen LogP contribution in [0.5, 0.6) is 0 Å². The van der Waals surface area contributed by atoms with Crippen molar-refractivity contribution in [3.8, 4) is 0 Å². The molecule has 0 aliphatic carbocycles. The van der Waals surface area contributed by atoms with E-state index in [1.807, 2.05) is 32.3 Å². The number of rotatable bonds is 5. The number of benzene rings is 1. The predicted molar refractivity (Wildman–Crippen MR) is 91.5 cm³/mol. The Kier molecular flexibility index (Phi) is 6.76. The fourth-order valence-electron chi connectivity index (χ4n) is 1.73. The summed E-state index contributed by atoms with van der Waals surface area (Å²) < 4.78 is 1.89. The number of carbonyl (C=O) groups is 1. The van der Waals surface area contributed by atoms with E-state index in [0.29, 0.717) is 11.5 Å². The van der Waals surface area contributed by atoms with Gasteiger partial charge in [0.15, 0.2) is 0 Å². The smallest absolute Gasteiger partial charge is 0.252 e. The number of carbonyl (C=O) groups excluding carboxylic acids is 1. The van der Waals surface area contributed by atoms with E-state index in [1.165, 1.54) is 0 Å². The highest BCUT2D eigenvalue weighted by molar-refractivity contribution is 14.1. The molecule has 3 nitrogen and oxygen atoms in total. The molecule has 0 heterocycles.